The summed E-state index contributed by atoms with van der Waals surface area (Å²) in [5.41, 5.74) is 0.684. The fraction of sp³-hybridized carbons (Fsp3) is 0.200. The first-order valence-corrected chi connectivity index (χ1v) is 7.98. The third kappa shape index (κ3) is 6.41. The van der Waals surface area contributed by atoms with Gasteiger partial charge in [0.05, 0.1) is 11.7 Å². The highest BCUT2D eigenvalue weighted by atomic mass is 16.5. The van der Waals surface area contributed by atoms with E-state index in [2.05, 4.69) is 6.58 Å². The van der Waals surface area contributed by atoms with Crippen molar-refractivity contribution in [1.29, 1.82) is 0 Å². The topological polar surface area (TPSA) is 104 Å². The number of ketones is 1. The molecule has 138 valence electrons. The third-order valence-corrected chi connectivity index (χ3v) is 3.36. The minimum Gasteiger partial charge on any atom is -0.504 e. The number of carbonyl (C=O) groups excluding carboxylic acids is 1. The number of phenolic OH excluding ortho intramolecular Hbond substituents is 1. The highest BCUT2D eigenvalue weighted by Crippen LogP contribution is 2.31. The molecule has 0 aliphatic carbocycles. The molecule has 2 aromatic carbocycles. The standard InChI is InChI=1S/C17H18O4.C3H4O2/c1-2-13(18)11-21-15-10-6-9-14(17(15)20)16(19)12-7-4-3-5-8-12;1-2-3(4)5/h3-10,13,18,20H,2,11H2,1H3;2H,1H2,(H,4,5). The van der Waals surface area contributed by atoms with Gasteiger partial charge >= 0.3 is 5.97 Å². The van der Waals surface area contributed by atoms with E-state index in [1.54, 1.807) is 42.5 Å². The number of benzene rings is 2. The van der Waals surface area contributed by atoms with Crippen LogP contribution in [-0.4, -0.2) is 39.8 Å². The number of hydrogen-bond acceptors (Lipinski definition) is 5. The zero-order valence-electron chi connectivity index (χ0n) is 14.5. The first-order valence-electron chi connectivity index (χ1n) is 7.98. The minimum atomic E-state index is -0.981. The van der Waals surface area contributed by atoms with E-state index in [1.165, 1.54) is 0 Å². The lowest BCUT2D eigenvalue weighted by atomic mass is 10.0. The van der Waals surface area contributed by atoms with Gasteiger partial charge in [-0.05, 0) is 18.6 Å². The normalized spacial score (nSPS) is 10.8. The van der Waals surface area contributed by atoms with Crippen LogP contribution in [0.25, 0.3) is 0 Å². The van der Waals surface area contributed by atoms with Gasteiger partial charge in [-0.15, -0.1) is 0 Å². The second-order valence-electron chi connectivity index (χ2n) is 5.26. The molecule has 0 radical (unpaired) electrons. The number of aliphatic hydroxyl groups excluding tert-OH is 1. The van der Waals surface area contributed by atoms with Crippen molar-refractivity contribution in [2.75, 3.05) is 6.61 Å². The zero-order valence-corrected chi connectivity index (χ0v) is 14.5. The second-order valence-corrected chi connectivity index (χ2v) is 5.26. The van der Waals surface area contributed by atoms with Gasteiger partial charge in [-0.1, -0.05) is 49.9 Å². The van der Waals surface area contributed by atoms with Crippen LogP contribution in [0.3, 0.4) is 0 Å². The Morgan fingerprint density at radius 1 is 1.15 bits per heavy atom. The fourth-order valence-corrected chi connectivity index (χ4v) is 1.87. The molecule has 0 saturated heterocycles. The third-order valence-electron chi connectivity index (χ3n) is 3.36. The van der Waals surface area contributed by atoms with Crippen molar-refractivity contribution < 1.29 is 29.6 Å². The summed E-state index contributed by atoms with van der Waals surface area (Å²) in [6, 6.07) is 13.5. The van der Waals surface area contributed by atoms with Crippen LogP contribution in [0.1, 0.15) is 29.3 Å². The molecule has 0 heterocycles. The summed E-state index contributed by atoms with van der Waals surface area (Å²) in [7, 11) is 0. The summed E-state index contributed by atoms with van der Waals surface area (Å²) in [5, 5.41) is 27.3. The van der Waals surface area contributed by atoms with Gasteiger partial charge in [0.1, 0.15) is 6.61 Å². The molecule has 0 aromatic heterocycles. The zero-order chi connectivity index (χ0) is 19.5. The van der Waals surface area contributed by atoms with Gasteiger partial charge in [0, 0.05) is 11.6 Å². The summed E-state index contributed by atoms with van der Waals surface area (Å²) in [6.07, 6.45) is 0.793. The molecule has 2 aromatic rings. The number of aliphatic carboxylic acids is 1. The van der Waals surface area contributed by atoms with Gasteiger partial charge in [-0.3, -0.25) is 4.79 Å². The highest BCUT2D eigenvalue weighted by molar-refractivity contribution is 6.11. The molecule has 1 unspecified atom stereocenters. The Kier molecular flexibility index (Phi) is 8.60. The van der Waals surface area contributed by atoms with Gasteiger partial charge < -0.3 is 20.1 Å². The molecule has 0 aliphatic rings. The molecule has 6 nitrogen and oxygen atoms in total. The fourth-order valence-electron chi connectivity index (χ4n) is 1.87. The Hall–Kier alpha value is -3.12. The van der Waals surface area contributed by atoms with Gasteiger partial charge in [-0.2, -0.15) is 0 Å². The van der Waals surface area contributed by atoms with Crippen LogP contribution in [0.5, 0.6) is 11.5 Å². The summed E-state index contributed by atoms with van der Waals surface area (Å²) < 4.78 is 5.36. The number of carboxylic acid groups (broad SMARTS) is 1. The lowest BCUT2D eigenvalue weighted by Gasteiger charge is -2.13. The molecular weight excluding hydrogens is 336 g/mol. The Morgan fingerprint density at radius 2 is 1.77 bits per heavy atom. The first-order chi connectivity index (χ1) is 12.4. The van der Waals surface area contributed by atoms with Crippen LogP contribution in [0.15, 0.2) is 61.2 Å². The van der Waals surface area contributed by atoms with E-state index >= 15 is 0 Å². The van der Waals surface area contributed by atoms with E-state index < -0.39 is 12.1 Å². The SMILES string of the molecule is C=CC(=O)O.CCC(O)COc1cccc(C(=O)c2ccccc2)c1O. The summed E-state index contributed by atoms with van der Waals surface area (Å²) >= 11 is 0. The Bertz CT molecular complexity index is 739. The number of ether oxygens (including phenoxy) is 1. The number of para-hydroxylation sites is 1. The number of hydrogen-bond donors (Lipinski definition) is 3. The smallest absolute Gasteiger partial charge is 0.327 e. The molecule has 0 saturated carbocycles. The number of aliphatic hydroxyl groups is 1. The molecule has 0 fully saturated rings. The average molecular weight is 358 g/mol. The summed E-state index contributed by atoms with van der Waals surface area (Å²) in [5.74, 6) is -1.25. The van der Waals surface area contributed by atoms with E-state index in [9.17, 15) is 19.8 Å². The van der Waals surface area contributed by atoms with Gasteiger partial charge in [0.2, 0.25) is 0 Å². The summed E-state index contributed by atoms with van der Waals surface area (Å²) in [6.45, 7) is 4.87. The number of carbonyl (C=O) groups is 2. The predicted octanol–water partition coefficient (Wildman–Crippen LogP) is 3.03. The highest BCUT2D eigenvalue weighted by Gasteiger charge is 2.17. The number of rotatable bonds is 7. The average Bonchev–Trinajstić information content (AvgIpc) is 2.67. The molecule has 0 amide bonds. The van der Waals surface area contributed by atoms with Crippen molar-refractivity contribution in [3.8, 4) is 11.5 Å². The molecule has 0 aliphatic heterocycles. The van der Waals surface area contributed by atoms with E-state index in [1.807, 2.05) is 13.0 Å². The van der Waals surface area contributed by atoms with Crippen molar-refractivity contribution in [1.82, 2.24) is 0 Å². The molecule has 3 N–H and O–H groups in total. The van der Waals surface area contributed by atoms with E-state index in [4.69, 9.17) is 9.84 Å². The van der Waals surface area contributed by atoms with Gasteiger partial charge in [-0.25, -0.2) is 4.79 Å². The van der Waals surface area contributed by atoms with E-state index in [0.717, 1.165) is 6.08 Å². The van der Waals surface area contributed by atoms with Crippen molar-refractivity contribution in [3.63, 3.8) is 0 Å². The van der Waals surface area contributed by atoms with Crippen LogP contribution >= 0.6 is 0 Å². The van der Waals surface area contributed by atoms with Crippen LogP contribution < -0.4 is 4.74 Å². The molecular formula is C20H22O6. The van der Waals surface area contributed by atoms with Crippen molar-refractivity contribution >= 4 is 11.8 Å². The van der Waals surface area contributed by atoms with Gasteiger partial charge in [0.15, 0.2) is 17.3 Å². The maximum Gasteiger partial charge on any atom is 0.327 e. The predicted molar refractivity (Wildman–Crippen MR) is 97.6 cm³/mol. The Balaban J connectivity index is 0.000000597. The molecule has 26 heavy (non-hydrogen) atoms. The number of carboxylic acids is 1. The lowest BCUT2D eigenvalue weighted by Crippen LogP contribution is -2.16. The molecule has 6 heteroatoms. The molecule has 0 spiro atoms. The monoisotopic (exact) mass is 358 g/mol. The molecule has 0 bridgehead atoms. The molecule has 2 rings (SSSR count). The van der Waals surface area contributed by atoms with Crippen LogP contribution in [-0.2, 0) is 4.79 Å². The minimum absolute atomic E-state index is 0.0764. The Labute approximate surface area is 152 Å². The van der Waals surface area contributed by atoms with Crippen molar-refractivity contribution in [2.24, 2.45) is 0 Å². The van der Waals surface area contributed by atoms with Crippen LogP contribution in [0.4, 0.5) is 0 Å². The van der Waals surface area contributed by atoms with Crippen LogP contribution in [0, 0.1) is 0 Å². The van der Waals surface area contributed by atoms with E-state index in [-0.39, 0.29) is 29.5 Å². The van der Waals surface area contributed by atoms with Crippen molar-refractivity contribution in [3.05, 3.63) is 72.3 Å². The van der Waals surface area contributed by atoms with Crippen molar-refractivity contribution in [2.45, 2.75) is 19.4 Å². The number of phenols is 1. The lowest BCUT2D eigenvalue weighted by molar-refractivity contribution is -0.131. The number of aromatic hydroxyl groups is 1. The maximum absolute atomic E-state index is 12.3. The van der Waals surface area contributed by atoms with Crippen LogP contribution in [0.2, 0.25) is 0 Å². The Morgan fingerprint density at radius 3 is 2.31 bits per heavy atom. The van der Waals surface area contributed by atoms with E-state index in [0.29, 0.717) is 12.0 Å². The first kappa shape index (κ1) is 20.9. The summed E-state index contributed by atoms with van der Waals surface area (Å²) in [4.78, 5) is 21.6. The quantitative estimate of drug-likeness (QED) is 0.519. The van der Waals surface area contributed by atoms with Gasteiger partial charge in [0.25, 0.3) is 0 Å². The largest absolute Gasteiger partial charge is 0.504 e. The molecule has 1 atom stereocenters. The second kappa shape index (κ2) is 10.7. The maximum atomic E-state index is 12.3.